The molecule has 30 heavy (non-hydrogen) atoms. The van der Waals surface area contributed by atoms with Crippen molar-refractivity contribution in [3.8, 4) is 23.1 Å². The fraction of sp³-hybridized carbons (Fsp3) is 0.0435. The van der Waals surface area contributed by atoms with Gasteiger partial charge in [-0.15, -0.1) is 0 Å². The number of pyridine rings is 1. The smallest absolute Gasteiger partial charge is 0.278 e. The Bertz CT molecular complexity index is 1160. The maximum Gasteiger partial charge on any atom is 0.278 e. The maximum atomic E-state index is 12.7. The van der Waals surface area contributed by atoms with Gasteiger partial charge >= 0.3 is 0 Å². The Hall–Kier alpha value is -4.26. The van der Waals surface area contributed by atoms with Crippen LogP contribution in [0.5, 0.6) is 11.6 Å². The summed E-state index contributed by atoms with van der Waals surface area (Å²) in [6, 6.07) is 22.5. The minimum atomic E-state index is -0.687. The van der Waals surface area contributed by atoms with Gasteiger partial charge in [-0.05, 0) is 41.8 Å². The van der Waals surface area contributed by atoms with Gasteiger partial charge in [0.15, 0.2) is 11.5 Å². The number of nitrogens with one attached hydrogen (secondary N) is 1. The number of aromatic hydroxyl groups is 2. The molecule has 7 heteroatoms. The summed E-state index contributed by atoms with van der Waals surface area (Å²) in [4.78, 5) is 24.6. The molecule has 2 aromatic heterocycles. The van der Waals surface area contributed by atoms with Crippen LogP contribution in [0.4, 0.5) is 5.69 Å². The van der Waals surface area contributed by atoms with Crippen LogP contribution >= 0.6 is 0 Å². The number of hydrogen-bond acceptors (Lipinski definition) is 6. The SMILES string of the molecule is O=C(Nc1ccc(Cc2ccccc2)cc1)c1nc(-c2ccccn2)nc(O)c1O. The summed E-state index contributed by atoms with van der Waals surface area (Å²) in [6.07, 6.45) is 2.32. The number of amides is 1. The minimum absolute atomic E-state index is 0.0364. The van der Waals surface area contributed by atoms with Crippen LogP contribution in [0.1, 0.15) is 21.6 Å². The molecule has 4 aromatic rings. The molecule has 0 saturated carbocycles. The Morgan fingerprint density at radius 2 is 1.53 bits per heavy atom. The quantitative estimate of drug-likeness (QED) is 0.472. The normalized spacial score (nSPS) is 10.5. The number of carbonyl (C=O) groups excluding carboxylic acids is 1. The zero-order valence-corrected chi connectivity index (χ0v) is 15.9. The first-order valence-electron chi connectivity index (χ1n) is 9.26. The second-order valence-electron chi connectivity index (χ2n) is 6.60. The molecule has 0 bridgehead atoms. The summed E-state index contributed by atoms with van der Waals surface area (Å²) in [5.74, 6) is -2.01. The Morgan fingerprint density at radius 3 is 2.23 bits per heavy atom. The van der Waals surface area contributed by atoms with E-state index in [0.29, 0.717) is 11.4 Å². The van der Waals surface area contributed by atoms with Gasteiger partial charge in [-0.25, -0.2) is 4.98 Å². The van der Waals surface area contributed by atoms with Crippen molar-refractivity contribution in [3.63, 3.8) is 0 Å². The summed E-state index contributed by atoms with van der Waals surface area (Å²) >= 11 is 0. The molecular formula is C23H18N4O3. The van der Waals surface area contributed by atoms with E-state index in [1.54, 1.807) is 36.5 Å². The Labute approximate surface area is 172 Å². The van der Waals surface area contributed by atoms with Crippen LogP contribution in [0.15, 0.2) is 79.0 Å². The highest BCUT2D eigenvalue weighted by atomic mass is 16.3. The predicted octanol–water partition coefficient (Wildman–Crippen LogP) is 3.79. The van der Waals surface area contributed by atoms with E-state index in [0.717, 1.165) is 12.0 Å². The fourth-order valence-corrected chi connectivity index (χ4v) is 2.94. The molecule has 2 aromatic carbocycles. The van der Waals surface area contributed by atoms with E-state index in [1.807, 2.05) is 30.3 Å². The fourth-order valence-electron chi connectivity index (χ4n) is 2.94. The lowest BCUT2D eigenvalue weighted by atomic mass is 10.0. The van der Waals surface area contributed by atoms with E-state index in [-0.39, 0.29) is 11.5 Å². The number of anilines is 1. The largest absolute Gasteiger partial charge is 0.501 e. The van der Waals surface area contributed by atoms with Crippen LogP contribution in [0.3, 0.4) is 0 Å². The van der Waals surface area contributed by atoms with Gasteiger partial charge in [-0.3, -0.25) is 9.78 Å². The lowest BCUT2D eigenvalue weighted by Crippen LogP contribution is -2.15. The highest BCUT2D eigenvalue weighted by Crippen LogP contribution is 2.28. The maximum absolute atomic E-state index is 12.7. The number of rotatable bonds is 5. The van der Waals surface area contributed by atoms with Crippen LogP contribution in [0, 0.1) is 0 Å². The summed E-state index contributed by atoms with van der Waals surface area (Å²) < 4.78 is 0. The second-order valence-corrected chi connectivity index (χ2v) is 6.60. The van der Waals surface area contributed by atoms with Crippen molar-refractivity contribution in [1.82, 2.24) is 15.0 Å². The van der Waals surface area contributed by atoms with E-state index in [1.165, 1.54) is 5.56 Å². The Kier molecular flexibility index (Phi) is 5.34. The van der Waals surface area contributed by atoms with Gasteiger partial charge in [0.05, 0.1) is 0 Å². The average Bonchev–Trinajstić information content (AvgIpc) is 2.78. The van der Waals surface area contributed by atoms with E-state index in [2.05, 4.69) is 32.4 Å². The Balaban J connectivity index is 1.53. The first-order valence-corrected chi connectivity index (χ1v) is 9.26. The molecule has 7 nitrogen and oxygen atoms in total. The van der Waals surface area contributed by atoms with Crippen molar-refractivity contribution >= 4 is 11.6 Å². The number of benzene rings is 2. The molecule has 0 atom stereocenters. The van der Waals surface area contributed by atoms with Gasteiger partial charge in [0.25, 0.3) is 11.8 Å². The van der Waals surface area contributed by atoms with Gasteiger partial charge in [-0.1, -0.05) is 48.5 Å². The van der Waals surface area contributed by atoms with Crippen molar-refractivity contribution < 1.29 is 15.0 Å². The van der Waals surface area contributed by atoms with Crippen molar-refractivity contribution in [2.75, 3.05) is 5.32 Å². The molecule has 4 rings (SSSR count). The van der Waals surface area contributed by atoms with E-state index in [9.17, 15) is 15.0 Å². The molecule has 0 spiro atoms. The van der Waals surface area contributed by atoms with Crippen LogP contribution in [-0.2, 0) is 6.42 Å². The van der Waals surface area contributed by atoms with E-state index in [4.69, 9.17) is 0 Å². The summed E-state index contributed by atoms with van der Waals surface area (Å²) in [5, 5.41) is 22.7. The van der Waals surface area contributed by atoms with Gasteiger partial charge < -0.3 is 15.5 Å². The molecule has 0 radical (unpaired) electrons. The molecule has 1 amide bonds. The van der Waals surface area contributed by atoms with Crippen LogP contribution in [0.2, 0.25) is 0 Å². The first kappa shape index (κ1) is 19.1. The molecule has 0 aliphatic carbocycles. The molecule has 148 valence electrons. The molecule has 0 aliphatic rings. The highest BCUT2D eigenvalue weighted by Gasteiger charge is 2.21. The van der Waals surface area contributed by atoms with E-state index >= 15 is 0 Å². The number of hydrogen-bond donors (Lipinski definition) is 3. The first-order chi connectivity index (χ1) is 14.6. The third-order valence-electron chi connectivity index (χ3n) is 4.44. The number of carbonyl (C=O) groups is 1. The third kappa shape index (κ3) is 4.25. The summed E-state index contributed by atoms with van der Waals surface area (Å²) in [7, 11) is 0. The molecule has 0 fully saturated rings. The topological polar surface area (TPSA) is 108 Å². The van der Waals surface area contributed by atoms with E-state index < -0.39 is 17.5 Å². The zero-order valence-electron chi connectivity index (χ0n) is 15.9. The zero-order chi connectivity index (χ0) is 20.9. The summed E-state index contributed by atoms with van der Waals surface area (Å²) in [5.41, 5.74) is 2.86. The molecule has 0 unspecified atom stereocenters. The lowest BCUT2D eigenvalue weighted by Gasteiger charge is -2.09. The number of nitrogens with zero attached hydrogens (tertiary/aromatic N) is 3. The van der Waals surface area contributed by atoms with Crippen molar-refractivity contribution in [2.45, 2.75) is 6.42 Å². The van der Waals surface area contributed by atoms with Crippen molar-refractivity contribution in [2.24, 2.45) is 0 Å². The number of aromatic nitrogens is 3. The molecule has 2 heterocycles. The molecule has 0 aliphatic heterocycles. The minimum Gasteiger partial charge on any atom is -0.501 e. The Morgan fingerprint density at radius 1 is 0.833 bits per heavy atom. The van der Waals surface area contributed by atoms with Crippen molar-refractivity contribution in [3.05, 3.63) is 95.8 Å². The predicted molar refractivity (Wildman–Crippen MR) is 112 cm³/mol. The summed E-state index contributed by atoms with van der Waals surface area (Å²) in [6.45, 7) is 0. The highest BCUT2D eigenvalue weighted by molar-refractivity contribution is 6.05. The van der Waals surface area contributed by atoms with Gasteiger partial charge in [0.1, 0.15) is 5.69 Å². The molecule has 3 N–H and O–H groups in total. The van der Waals surface area contributed by atoms with Crippen LogP contribution in [-0.4, -0.2) is 31.1 Å². The van der Waals surface area contributed by atoms with Crippen molar-refractivity contribution in [1.29, 1.82) is 0 Å². The van der Waals surface area contributed by atoms with Crippen LogP contribution < -0.4 is 5.32 Å². The van der Waals surface area contributed by atoms with Gasteiger partial charge in [0.2, 0.25) is 5.75 Å². The lowest BCUT2D eigenvalue weighted by molar-refractivity contribution is 0.101. The molecular weight excluding hydrogens is 380 g/mol. The molecule has 0 saturated heterocycles. The van der Waals surface area contributed by atoms with Gasteiger partial charge in [-0.2, -0.15) is 4.98 Å². The average molecular weight is 398 g/mol. The monoisotopic (exact) mass is 398 g/mol. The van der Waals surface area contributed by atoms with Crippen LogP contribution in [0.25, 0.3) is 11.5 Å². The van der Waals surface area contributed by atoms with Gasteiger partial charge in [0, 0.05) is 11.9 Å². The second kappa shape index (κ2) is 8.40. The standard InChI is InChI=1S/C23H18N4O3/c28-20-19(26-21(27-23(20)30)18-8-4-5-13-24-18)22(29)25-17-11-9-16(10-12-17)14-15-6-2-1-3-7-15/h1-13,28H,14H2,(H,25,29)(H,26,27,30). The third-order valence-corrected chi connectivity index (χ3v) is 4.44.